The molecular formula is C27H25ClO5. The highest BCUT2D eigenvalue weighted by atomic mass is 35.5. The number of ether oxygens (including phenoxy) is 2. The Kier molecular flexibility index (Phi) is 8.01. The standard InChI is InChI=1S/C27H25ClO5/c1-17-9-11-20(12-10-17)25(29)23(18-7-5-4-6-8-18)22(19-13-15-21(28)16-14-19)24(26(30)32-2)27(31)33-3/h4-16,22-24H,1-3H3/t22-,23+/m1/s1. The molecule has 5 nitrogen and oxygen atoms in total. The van der Waals surface area contributed by atoms with Crippen LogP contribution in [0, 0.1) is 12.8 Å². The van der Waals surface area contributed by atoms with Crippen LogP contribution in [-0.2, 0) is 19.1 Å². The van der Waals surface area contributed by atoms with E-state index in [1.807, 2.05) is 49.4 Å². The van der Waals surface area contributed by atoms with E-state index in [-0.39, 0.29) is 5.78 Å². The van der Waals surface area contributed by atoms with E-state index in [0.717, 1.165) is 5.56 Å². The zero-order valence-corrected chi connectivity index (χ0v) is 19.4. The number of halogens is 1. The van der Waals surface area contributed by atoms with E-state index in [4.69, 9.17) is 21.1 Å². The number of rotatable bonds is 8. The van der Waals surface area contributed by atoms with Crippen LogP contribution >= 0.6 is 11.6 Å². The van der Waals surface area contributed by atoms with Crippen LogP contribution in [0.2, 0.25) is 5.02 Å². The number of hydrogen-bond donors (Lipinski definition) is 0. The third-order valence-corrected chi connectivity index (χ3v) is 5.91. The number of aryl methyl sites for hydroxylation is 1. The van der Waals surface area contributed by atoms with Gasteiger partial charge in [0.15, 0.2) is 11.7 Å². The van der Waals surface area contributed by atoms with Gasteiger partial charge in [-0.3, -0.25) is 14.4 Å². The van der Waals surface area contributed by atoms with Crippen molar-refractivity contribution < 1.29 is 23.9 Å². The Balaban J connectivity index is 2.27. The number of ketones is 1. The first kappa shape index (κ1) is 24.2. The molecule has 0 heterocycles. The molecule has 0 amide bonds. The maximum Gasteiger partial charge on any atom is 0.320 e. The van der Waals surface area contributed by atoms with Crippen molar-refractivity contribution in [3.05, 3.63) is 106 Å². The lowest BCUT2D eigenvalue weighted by atomic mass is 9.70. The first-order valence-electron chi connectivity index (χ1n) is 10.4. The molecule has 170 valence electrons. The van der Waals surface area contributed by atoms with Gasteiger partial charge in [0.1, 0.15) is 0 Å². The van der Waals surface area contributed by atoms with Crippen molar-refractivity contribution in [2.24, 2.45) is 5.92 Å². The van der Waals surface area contributed by atoms with E-state index in [1.54, 1.807) is 36.4 Å². The van der Waals surface area contributed by atoms with Gasteiger partial charge in [0, 0.05) is 16.5 Å². The first-order valence-corrected chi connectivity index (χ1v) is 10.8. The summed E-state index contributed by atoms with van der Waals surface area (Å²) >= 11 is 6.10. The van der Waals surface area contributed by atoms with Crippen molar-refractivity contribution in [3.63, 3.8) is 0 Å². The molecule has 3 aromatic rings. The maximum absolute atomic E-state index is 13.9. The van der Waals surface area contributed by atoms with Gasteiger partial charge in [0.2, 0.25) is 0 Å². The second-order valence-corrected chi connectivity index (χ2v) is 8.16. The van der Waals surface area contributed by atoms with Crippen LogP contribution in [0.1, 0.15) is 38.9 Å². The van der Waals surface area contributed by atoms with Gasteiger partial charge in [0.25, 0.3) is 0 Å². The van der Waals surface area contributed by atoms with Gasteiger partial charge in [-0.2, -0.15) is 0 Å². The molecule has 33 heavy (non-hydrogen) atoms. The first-order chi connectivity index (χ1) is 15.9. The highest BCUT2D eigenvalue weighted by Gasteiger charge is 2.45. The molecule has 0 fully saturated rings. The predicted octanol–water partition coefficient (Wildman–Crippen LogP) is 5.36. The van der Waals surface area contributed by atoms with Crippen LogP contribution < -0.4 is 0 Å². The summed E-state index contributed by atoms with van der Waals surface area (Å²) in [6.07, 6.45) is 0. The molecule has 0 saturated heterocycles. The minimum atomic E-state index is -1.36. The average molecular weight is 465 g/mol. The van der Waals surface area contributed by atoms with Crippen molar-refractivity contribution in [2.75, 3.05) is 14.2 Å². The summed E-state index contributed by atoms with van der Waals surface area (Å²) in [5.74, 6) is -4.89. The van der Waals surface area contributed by atoms with Gasteiger partial charge < -0.3 is 9.47 Å². The van der Waals surface area contributed by atoms with Crippen LogP contribution in [-0.4, -0.2) is 31.9 Å². The molecule has 3 aromatic carbocycles. The number of Topliss-reactive ketones (excluding diaryl/α,β-unsaturated/α-hetero) is 1. The molecule has 0 bridgehead atoms. The summed E-state index contributed by atoms with van der Waals surface area (Å²) in [6, 6.07) is 23.0. The lowest BCUT2D eigenvalue weighted by Crippen LogP contribution is -2.37. The summed E-state index contributed by atoms with van der Waals surface area (Å²) in [5.41, 5.74) is 2.75. The smallest absolute Gasteiger partial charge is 0.320 e. The van der Waals surface area contributed by atoms with E-state index in [2.05, 4.69) is 0 Å². The highest BCUT2D eigenvalue weighted by molar-refractivity contribution is 6.30. The topological polar surface area (TPSA) is 69.7 Å². The second kappa shape index (κ2) is 10.9. The molecule has 0 aromatic heterocycles. The zero-order chi connectivity index (χ0) is 24.0. The Hall–Kier alpha value is -3.44. The van der Waals surface area contributed by atoms with Gasteiger partial charge >= 0.3 is 11.9 Å². The van der Waals surface area contributed by atoms with Gasteiger partial charge in [-0.15, -0.1) is 0 Å². The molecule has 3 rings (SSSR count). The Morgan fingerprint density at radius 1 is 0.727 bits per heavy atom. The molecular weight excluding hydrogens is 440 g/mol. The van der Waals surface area contributed by atoms with E-state index < -0.39 is 29.7 Å². The van der Waals surface area contributed by atoms with Crippen molar-refractivity contribution in [3.8, 4) is 0 Å². The number of carbonyl (C=O) groups excluding carboxylic acids is 3. The van der Waals surface area contributed by atoms with E-state index in [1.165, 1.54) is 14.2 Å². The van der Waals surface area contributed by atoms with Crippen LogP contribution in [0.5, 0.6) is 0 Å². The van der Waals surface area contributed by atoms with E-state index in [0.29, 0.717) is 21.7 Å². The third-order valence-electron chi connectivity index (χ3n) is 5.66. The number of esters is 2. The van der Waals surface area contributed by atoms with Gasteiger partial charge in [-0.05, 0) is 30.2 Å². The summed E-state index contributed by atoms with van der Waals surface area (Å²) in [4.78, 5) is 39.7. The second-order valence-electron chi connectivity index (χ2n) is 7.72. The minimum Gasteiger partial charge on any atom is -0.468 e. The Morgan fingerprint density at radius 2 is 1.27 bits per heavy atom. The molecule has 0 radical (unpaired) electrons. The molecule has 0 saturated carbocycles. The molecule has 2 atom stereocenters. The Labute approximate surface area is 198 Å². The zero-order valence-electron chi connectivity index (χ0n) is 18.7. The number of carbonyl (C=O) groups is 3. The van der Waals surface area contributed by atoms with E-state index >= 15 is 0 Å². The predicted molar refractivity (Wildman–Crippen MR) is 126 cm³/mol. The summed E-state index contributed by atoms with van der Waals surface area (Å²) in [6.45, 7) is 1.93. The quantitative estimate of drug-likeness (QED) is 0.255. The van der Waals surface area contributed by atoms with Crippen molar-refractivity contribution in [1.82, 2.24) is 0 Å². The van der Waals surface area contributed by atoms with Crippen LogP contribution in [0.25, 0.3) is 0 Å². The summed E-state index contributed by atoms with van der Waals surface area (Å²) in [5, 5.41) is 0.492. The SMILES string of the molecule is COC(=O)C(C(=O)OC)[C@H](c1ccc(Cl)cc1)[C@@H](C(=O)c1ccc(C)cc1)c1ccccc1. The fraction of sp³-hybridized carbons (Fsp3) is 0.222. The van der Waals surface area contributed by atoms with Crippen molar-refractivity contribution in [1.29, 1.82) is 0 Å². The Morgan fingerprint density at radius 3 is 1.79 bits per heavy atom. The Bertz CT molecular complexity index is 1090. The molecule has 0 unspecified atom stereocenters. The molecule has 0 N–H and O–H groups in total. The van der Waals surface area contributed by atoms with Crippen LogP contribution in [0.3, 0.4) is 0 Å². The molecule has 0 aliphatic heterocycles. The largest absolute Gasteiger partial charge is 0.468 e. The van der Waals surface area contributed by atoms with Gasteiger partial charge in [-0.1, -0.05) is 83.9 Å². The van der Waals surface area contributed by atoms with Crippen LogP contribution in [0.4, 0.5) is 0 Å². The summed E-state index contributed by atoms with van der Waals surface area (Å²) in [7, 11) is 2.41. The lowest BCUT2D eigenvalue weighted by molar-refractivity contribution is -0.160. The van der Waals surface area contributed by atoms with Crippen molar-refractivity contribution in [2.45, 2.75) is 18.8 Å². The van der Waals surface area contributed by atoms with Gasteiger partial charge in [-0.25, -0.2) is 0 Å². The molecule has 6 heteroatoms. The average Bonchev–Trinajstić information content (AvgIpc) is 2.84. The lowest BCUT2D eigenvalue weighted by Gasteiger charge is -2.31. The normalized spacial score (nSPS) is 12.6. The molecule has 0 spiro atoms. The highest BCUT2D eigenvalue weighted by Crippen LogP contribution is 2.42. The summed E-state index contributed by atoms with van der Waals surface area (Å²) < 4.78 is 9.94. The number of hydrogen-bond acceptors (Lipinski definition) is 5. The van der Waals surface area contributed by atoms with E-state index in [9.17, 15) is 14.4 Å². The molecule has 0 aliphatic carbocycles. The minimum absolute atomic E-state index is 0.223. The number of methoxy groups -OCH3 is 2. The van der Waals surface area contributed by atoms with Gasteiger partial charge in [0.05, 0.1) is 20.1 Å². The monoisotopic (exact) mass is 464 g/mol. The molecule has 0 aliphatic rings. The van der Waals surface area contributed by atoms with Crippen molar-refractivity contribution >= 4 is 29.3 Å². The number of benzene rings is 3. The fourth-order valence-electron chi connectivity index (χ4n) is 3.99. The third kappa shape index (κ3) is 5.49. The maximum atomic E-state index is 13.9. The van der Waals surface area contributed by atoms with Crippen LogP contribution in [0.15, 0.2) is 78.9 Å². The fourth-order valence-corrected chi connectivity index (χ4v) is 4.11.